The lowest BCUT2D eigenvalue weighted by Gasteiger charge is -2.02. The highest BCUT2D eigenvalue weighted by Crippen LogP contribution is 2.15. The fourth-order valence-electron chi connectivity index (χ4n) is 1.36. The highest BCUT2D eigenvalue weighted by atomic mass is 16.3. The molecule has 5 heteroatoms. The number of aromatic nitrogens is 4. The van der Waals surface area contributed by atoms with Crippen LogP contribution in [0.25, 0.3) is 11.4 Å². The molecule has 78 valence electrons. The molecule has 2 rings (SSSR count). The summed E-state index contributed by atoms with van der Waals surface area (Å²) in [4.78, 5) is 0. The van der Waals surface area contributed by atoms with E-state index in [0.717, 1.165) is 5.56 Å². The summed E-state index contributed by atoms with van der Waals surface area (Å²) in [7, 11) is 0. The van der Waals surface area contributed by atoms with Crippen molar-refractivity contribution in [1.82, 2.24) is 20.2 Å². The van der Waals surface area contributed by atoms with Gasteiger partial charge in [-0.25, -0.2) is 4.68 Å². The third-order valence-electron chi connectivity index (χ3n) is 2.15. The predicted octanol–water partition coefficient (Wildman–Crippen LogP) is 0.641. The summed E-state index contributed by atoms with van der Waals surface area (Å²) < 4.78 is 1.59. The van der Waals surface area contributed by atoms with E-state index in [9.17, 15) is 0 Å². The average Bonchev–Trinajstić information content (AvgIpc) is 2.68. The Kier molecular flexibility index (Phi) is 2.73. The highest BCUT2D eigenvalue weighted by molar-refractivity contribution is 5.54. The van der Waals surface area contributed by atoms with Gasteiger partial charge in [0.2, 0.25) is 0 Å². The smallest absolute Gasteiger partial charge is 0.182 e. The molecule has 15 heavy (non-hydrogen) atoms. The molecule has 1 aromatic heterocycles. The number of nitrogens with zero attached hydrogens (tertiary/aromatic N) is 4. The summed E-state index contributed by atoms with van der Waals surface area (Å²) in [6, 6.07) is 7.95. The molecule has 0 aliphatic heterocycles. The molecule has 1 heterocycles. The van der Waals surface area contributed by atoms with Crippen molar-refractivity contribution in [3.05, 3.63) is 29.8 Å². The molecule has 0 saturated carbocycles. The van der Waals surface area contributed by atoms with Gasteiger partial charge in [-0.15, -0.1) is 5.10 Å². The van der Waals surface area contributed by atoms with Crippen molar-refractivity contribution >= 4 is 0 Å². The van der Waals surface area contributed by atoms with Crippen LogP contribution in [0.3, 0.4) is 0 Å². The molecule has 0 aliphatic carbocycles. The second kappa shape index (κ2) is 4.18. The maximum absolute atomic E-state index is 8.84. The minimum Gasteiger partial charge on any atom is -0.394 e. The van der Waals surface area contributed by atoms with Gasteiger partial charge in [0.05, 0.1) is 13.2 Å². The second-order valence-electron chi connectivity index (χ2n) is 3.32. The molecule has 5 nitrogen and oxygen atoms in total. The van der Waals surface area contributed by atoms with Gasteiger partial charge in [0.1, 0.15) is 0 Å². The number of benzene rings is 1. The molecule has 0 aliphatic rings. The average molecular weight is 204 g/mol. The van der Waals surface area contributed by atoms with E-state index < -0.39 is 0 Å². The zero-order valence-corrected chi connectivity index (χ0v) is 8.46. The van der Waals surface area contributed by atoms with Crippen molar-refractivity contribution in [2.75, 3.05) is 6.61 Å². The van der Waals surface area contributed by atoms with Crippen LogP contribution in [0.2, 0.25) is 0 Å². The Bertz CT molecular complexity index is 435. The van der Waals surface area contributed by atoms with Gasteiger partial charge in [-0.2, -0.15) is 0 Å². The number of hydrogen-bond acceptors (Lipinski definition) is 4. The quantitative estimate of drug-likeness (QED) is 0.797. The maximum atomic E-state index is 8.84. The molecule has 0 spiro atoms. The lowest BCUT2D eigenvalue weighted by Crippen LogP contribution is -2.06. The first-order chi connectivity index (χ1) is 7.31. The molecule has 0 saturated heterocycles. The lowest BCUT2D eigenvalue weighted by molar-refractivity contribution is 0.269. The molecule has 1 aromatic carbocycles. The lowest BCUT2D eigenvalue weighted by atomic mass is 10.1. The third-order valence-corrected chi connectivity index (χ3v) is 2.15. The minimum atomic E-state index is 0.0316. The molecule has 2 aromatic rings. The first kappa shape index (κ1) is 9.79. The van der Waals surface area contributed by atoms with E-state index in [0.29, 0.717) is 12.4 Å². The monoisotopic (exact) mass is 204 g/mol. The van der Waals surface area contributed by atoms with Crippen molar-refractivity contribution < 1.29 is 5.11 Å². The second-order valence-corrected chi connectivity index (χ2v) is 3.32. The van der Waals surface area contributed by atoms with Crippen molar-refractivity contribution in [3.63, 3.8) is 0 Å². The molecular formula is C10H12N4O. The van der Waals surface area contributed by atoms with E-state index in [-0.39, 0.29) is 6.61 Å². The van der Waals surface area contributed by atoms with Gasteiger partial charge in [0.15, 0.2) is 5.82 Å². The minimum absolute atomic E-state index is 0.0316. The van der Waals surface area contributed by atoms with Crippen LogP contribution in [-0.2, 0) is 6.54 Å². The van der Waals surface area contributed by atoms with Crippen LogP contribution in [0.4, 0.5) is 0 Å². The van der Waals surface area contributed by atoms with E-state index in [1.165, 1.54) is 5.56 Å². The number of aliphatic hydroxyl groups excluding tert-OH is 1. The Balaban J connectivity index is 2.36. The Hall–Kier alpha value is -1.75. The summed E-state index contributed by atoms with van der Waals surface area (Å²) in [6.45, 7) is 2.47. The first-order valence-corrected chi connectivity index (χ1v) is 4.75. The van der Waals surface area contributed by atoms with Gasteiger partial charge < -0.3 is 5.11 Å². The maximum Gasteiger partial charge on any atom is 0.182 e. The number of hydrogen-bond donors (Lipinski definition) is 1. The van der Waals surface area contributed by atoms with Crippen LogP contribution < -0.4 is 0 Å². The van der Waals surface area contributed by atoms with Crippen molar-refractivity contribution in [3.8, 4) is 11.4 Å². The zero-order valence-electron chi connectivity index (χ0n) is 8.46. The molecule has 1 N–H and O–H groups in total. The number of aliphatic hydroxyl groups is 1. The molecule has 0 radical (unpaired) electrons. The normalized spacial score (nSPS) is 10.5. The fraction of sp³-hybridized carbons (Fsp3) is 0.300. The number of tetrazole rings is 1. The summed E-state index contributed by atoms with van der Waals surface area (Å²) >= 11 is 0. The molecule has 0 bridgehead atoms. The van der Waals surface area contributed by atoms with E-state index in [1.807, 2.05) is 31.2 Å². The summed E-state index contributed by atoms with van der Waals surface area (Å²) in [6.07, 6.45) is 0. The Morgan fingerprint density at radius 2 is 2.00 bits per heavy atom. The first-order valence-electron chi connectivity index (χ1n) is 4.75. The molecule has 0 atom stereocenters. The largest absolute Gasteiger partial charge is 0.394 e. The fourth-order valence-corrected chi connectivity index (χ4v) is 1.36. The zero-order chi connectivity index (χ0) is 10.7. The summed E-state index contributed by atoms with van der Waals surface area (Å²) in [5, 5.41) is 20.2. The van der Waals surface area contributed by atoms with Gasteiger partial charge in [0, 0.05) is 5.56 Å². The van der Waals surface area contributed by atoms with Gasteiger partial charge >= 0.3 is 0 Å². The van der Waals surface area contributed by atoms with Crippen LogP contribution in [0, 0.1) is 6.92 Å². The van der Waals surface area contributed by atoms with E-state index >= 15 is 0 Å². The van der Waals surface area contributed by atoms with Crippen LogP contribution >= 0.6 is 0 Å². The van der Waals surface area contributed by atoms with Crippen LogP contribution in [-0.4, -0.2) is 31.9 Å². The van der Waals surface area contributed by atoms with E-state index in [1.54, 1.807) is 4.68 Å². The molecule has 0 fully saturated rings. The SMILES string of the molecule is Cc1ccc(-c2nnnn2CCO)cc1. The molecule has 0 unspecified atom stereocenters. The van der Waals surface area contributed by atoms with Crippen molar-refractivity contribution in [2.45, 2.75) is 13.5 Å². The summed E-state index contributed by atoms with van der Waals surface area (Å²) in [5.74, 6) is 0.684. The number of rotatable bonds is 3. The Labute approximate surface area is 87.4 Å². The highest BCUT2D eigenvalue weighted by Gasteiger charge is 2.07. The van der Waals surface area contributed by atoms with Crippen LogP contribution in [0.5, 0.6) is 0 Å². The summed E-state index contributed by atoms with van der Waals surface area (Å²) in [5.41, 5.74) is 2.15. The molecular weight excluding hydrogens is 192 g/mol. The van der Waals surface area contributed by atoms with Gasteiger partial charge in [-0.3, -0.25) is 0 Å². The molecule has 0 amide bonds. The van der Waals surface area contributed by atoms with Gasteiger partial charge in [0.25, 0.3) is 0 Å². The van der Waals surface area contributed by atoms with Gasteiger partial charge in [-0.05, 0) is 17.4 Å². The van der Waals surface area contributed by atoms with Gasteiger partial charge in [-0.1, -0.05) is 29.8 Å². The number of aryl methyl sites for hydroxylation is 1. The third kappa shape index (κ3) is 2.02. The standard InChI is InChI=1S/C10H12N4O/c1-8-2-4-9(5-3-8)10-11-12-13-14(10)6-7-15/h2-5,15H,6-7H2,1H3. The van der Waals surface area contributed by atoms with E-state index in [4.69, 9.17) is 5.11 Å². The predicted molar refractivity (Wildman–Crippen MR) is 55.1 cm³/mol. The Morgan fingerprint density at radius 3 is 2.67 bits per heavy atom. The van der Waals surface area contributed by atoms with Crippen molar-refractivity contribution in [1.29, 1.82) is 0 Å². The van der Waals surface area contributed by atoms with Crippen LogP contribution in [0.15, 0.2) is 24.3 Å². The topological polar surface area (TPSA) is 63.8 Å². The van der Waals surface area contributed by atoms with Crippen LogP contribution in [0.1, 0.15) is 5.56 Å². The van der Waals surface area contributed by atoms with E-state index in [2.05, 4.69) is 15.5 Å². The Morgan fingerprint density at radius 1 is 1.27 bits per heavy atom. The van der Waals surface area contributed by atoms with Crippen molar-refractivity contribution in [2.24, 2.45) is 0 Å².